The van der Waals surface area contributed by atoms with Crippen LogP contribution < -0.4 is 0 Å². The number of Topliss-reactive ketones (excluding diaryl/α,β-unsaturated/α-hetero) is 1. The summed E-state index contributed by atoms with van der Waals surface area (Å²) in [7, 11) is -2.99. The Balaban J connectivity index is 1.93. The van der Waals surface area contributed by atoms with Crippen molar-refractivity contribution in [2.24, 2.45) is 5.92 Å². The monoisotopic (exact) mass is 284 g/mol. The zero-order chi connectivity index (χ0) is 13.9. The SMILES string of the molecule is CS(=O)(=O)C1CCCC(C(=O)CC2=CCCCC2)C1. The van der Waals surface area contributed by atoms with Gasteiger partial charge in [0.05, 0.1) is 5.25 Å². The molecular formula is C15H24O3S. The smallest absolute Gasteiger partial charge is 0.150 e. The first kappa shape index (κ1) is 14.8. The summed E-state index contributed by atoms with van der Waals surface area (Å²) < 4.78 is 23.2. The topological polar surface area (TPSA) is 51.2 Å². The first-order chi connectivity index (χ1) is 8.97. The normalized spacial score (nSPS) is 28.8. The lowest BCUT2D eigenvalue weighted by Crippen LogP contribution is -2.31. The molecule has 0 amide bonds. The third kappa shape index (κ3) is 4.16. The van der Waals surface area contributed by atoms with Crippen LogP contribution in [0.25, 0.3) is 0 Å². The number of sulfone groups is 1. The molecule has 19 heavy (non-hydrogen) atoms. The highest BCUT2D eigenvalue weighted by Crippen LogP contribution is 2.31. The third-order valence-electron chi connectivity index (χ3n) is 4.47. The molecule has 2 aliphatic rings. The molecule has 0 bridgehead atoms. The fourth-order valence-corrected chi connectivity index (χ4v) is 4.44. The van der Waals surface area contributed by atoms with E-state index in [1.807, 2.05) is 0 Å². The van der Waals surface area contributed by atoms with E-state index in [0.29, 0.717) is 12.8 Å². The second kappa shape index (κ2) is 6.21. The van der Waals surface area contributed by atoms with E-state index in [2.05, 4.69) is 6.08 Å². The Morgan fingerprint density at radius 3 is 2.68 bits per heavy atom. The zero-order valence-corrected chi connectivity index (χ0v) is 12.5. The van der Waals surface area contributed by atoms with E-state index in [4.69, 9.17) is 0 Å². The minimum Gasteiger partial charge on any atom is -0.299 e. The lowest BCUT2D eigenvalue weighted by atomic mass is 9.82. The molecule has 0 N–H and O–H groups in total. The van der Waals surface area contributed by atoms with Gasteiger partial charge in [-0.3, -0.25) is 4.79 Å². The Bertz CT molecular complexity index is 462. The second-order valence-electron chi connectivity index (χ2n) is 6.07. The van der Waals surface area contributed by atoms with E-state index in [0.717, 1.165) is 32.1 Å². The number of allylic oxidation sites excluding steroid dienone is 2. The van der Waals surface area contributed by atoms with Gasteiger partial charge in [0, 0.05) is 18.6 Å². The predicted octanol–water partition coefficient (Wildman–Crippen LogP) is 3.05. The maximum Gasteiger partial charge on any atom is 0.150 e. The molecule has 2 rings (SSSR count). The van der Waals surface area contributed by atoms with Crippen LogP contribution in [-0.4, -0.2) is 25.7 Å². The molecule has 0 aliphatic heterocycles. The van der Waals surface area contributed by atoms with Crippen LogP contribution in [0.1, 0.15) is 57.8 Å². The van der Waals surface area contributed by atoms with E-state index in [1.54, 1.807) is 0 Å². The molecule has 2 atom stereocenters. The van der Waals surface area contributed by atoms with Gasteiger partial charge in [-0.2, -0.15) is 0 Å². The zero-order valence-electron chi connectivity index (χ0n) is 11.7. The molecule has 0 radical (unpaired) electrons. The van der Waals surface area contributed by atoms with Gasteiger partial charge in [-0.15, -0.1) is 0 Å². The van der Waals surface area contributed by atoms with Crippen LogP contribution in [-0.2, 0) is 14.6 Å². The van der Waals surface area contributed by atoms with Gasteiger partial charge in [0.1, 0.15) is 15.6 Å². The molecule has 4 heteroatoms. The molecule has 0 saturated heterocycles. The van der Waals surface area contributed by atoms with Crippen molar-refractivity contribution in [3.05, 3.63) is 11.6 Å². The number of carbonyl (C=O) groups is 1. The summed E-state index contributed by atoms with van der Waals surface area (Å²) in [6.45, 7) is 0. The first-order valence-electron chi connectivity index (χ1n) is 7.36. The summed E-state index contributed by atoms with van der Waals surface area (Å²) >= 11 is 0. The van der Waals surface area contributed by atoms with Crippen LogP contribution in [0.3, 0.4) is 0 Å². The minimum atomic E-state index is -2.99. The molecule has 1 fully saturated rings. The van der Waals surface area contributed by atoms with E-state index in [1.165, 1.54) is 24.7 Å². The summed E-state index contributed by atoms with van der Waals surface area (Å²) in [5.41, 5.74) is 1.28. The highest BCUT2D eigenvalue weighted by Gasteiger charge is 2.32. The van der Waals surface area contributed by atoms with Gasteiger partial charge in [0.15, 0.2) is 0 Å². The maximum atomic E-state index is 12.3. The first-order valence-corrected chi connectivity index (χ1v) is 9.32. The molecule has 3 nitrogen and oxygen atoms in total. The van der Waals surface area contributed by atoms with E-state index < -0.39 is 9.84 Å². The predicted molar refractivity (Wildman–Crippen MR) is 76.8 cm³/mol. The van der Waals surface area contributed by atoms with Gasteiger partial charge in [0.25, 0.3) is 0 Å². The summed E-state index contributed by atoms with van der Waals surface area (Å²) in [4.78, 5) is 12.3. The van der Waals surface area contributed by atoms with Crippen LogP contribution in [0.15, 0.2) is 11.6 Å². The molecule has 0 heterocycles. The highest BCUT2D eigenvalue weighted by atomic mass is 32.2. The van der Waals surface area contributed by atoms with Gasteiger partial charge < -0.3 is 0 Å². The highest BCUT2D eigenvalue weighted by molar-refractivity contribution is 7.91. The van der Waals surface area contributed by atoms with E-state index in [9.17, 15) is 13.2 Å². The molecule has 2 aliphatic carbocycles. The summed E-state index contributed by atoms with van der Waals surface area (Å²) in [6, 6.07) is 0. The second-order valence-corrected chi connectivity index (χ2v) is 8.39. The van der Waals surface area contributed by atoms with Crippen LogP contribution in [0.2, 0.25) is 0 Å². The fourth-order valence-electron chi connectivity index (χ4n) is 3.26. The number of ketones is 1. The Kier molecular flexibility index (Phi) is 4.82. The lowest BCUT2D eigenvalue weighted by molar-refractivity contribution is -0.123. The Morgan fingerprint density at radius 1 is 1.26 bits per heavy atom. The van der Waals surface area contributed by atoms with Crippen molar-refractivity contribution < 1.29 is 13.2 Å². The maximum absolute atomic E-state index is 12.3. The van der Waals surface area contributed by atoms with Crippen molar-refractivity contribution >= 4 is 15.6 Å². The fraction of sp³-hybridized carbons (Fsp3) is 0.800. The standard InChI is InChI=1S/C15H24O3S/c1-19(17,18)14-9-5-8-13(11-14)15(16)10-12-6-3-2-4-7-12/h6,13-14H,2-5,7-11H2,1H3. The molecule has 0 aromatic rings. The number of hydrogen-bond acceptors (Lipinski definition) is 3. The summed E-state index contributed by atoms with van der Waals surface area (Å²) in [5, 5.41) is -0.296. The number of hydrogen-bond donors (Lipinski definition) is 0. The quantitative estimate of drug-likeness (QED) is 0.746. The van der Waals surface area contributed by atoms with Crippen molar-refractivity contribution in [2.75, 3.05) is 6.26 Å². The van der Waals surface area contributed by atoms with Crippen molar-refractivity contribution in [1.29, 1.82) is 0 Å². The van der Waals surface area contributed by atoms with E-state index >= 15 is 0 Å². The van der Waals surface area contributed by atoms with Crippen molar-refractivity contribution in [2.45, 2.75) is 63.0 Å². The van der Waals surface area contributed by atoms with Gasteiger partial charge in [-0.05, 0) is 44.9 Å². The molecule has 0 aromatic carbocycles. The van der Waals surface area contributed by atoms with Gasteiger partial charge >= 0.3 is 0 Å². The van der Waals surface area contributed by atoms with Crippen molar-refractivity contribution in [1.82, 2.24) is 0 Å². The van der Waals surface area contributed by atoms with Gasteiger partial charge in [-0.25, -0.2) is 8.42 Å². The third-order valence-corrected chi connectivity index (χ3v) is 6.11. The van der Waals surface area contributed by atoms with E-state index in [-0.39, 0.29) is 17.0 Å². The number of rotatable bonds is 4. The Morgan fingerprint density at radius 2 is 2.05 bits per heavy atom. The molecule has 0 aromatic heterocycles. The van der Waals surface area contributed by atoms with Crippen LogP contribution in [0, 0.1) is 5.92 Å². The van der Waals surface area contributed by atoms with Crippen LogP contribution in [0.4, 0.5) is 0 Å². The van der Waals surface area contributed by atoms with Crippen LogP contribution in [0.5, 0.6) is 0 Å². The Hall–Kier alpha value is -0.640. The van der Waals surface area contributed by atoms with Crippen molar-refractivity contribution in [3.63, 3.8) is 0 Å². The molecule has 2 unspecified atom stereocenters. The lowest BCUT2D eigenvalue weighted by Gasteiger charge is -2.27. The summed E-state index contributed by atoms with van der Waals surface area (Å²) in [6.07, 6.45) is 11.6. The minimum absolute atomic E-state index is 0.0312. The number of carbonyl (C=O) groups excluding carboxylic acids is 1. The Labute approximate surface area is 116 Å². The molecule has 1 saturated carbocycles. The molecular weight excluding hydrogens is 260 g/mol. The summed E-state index contributed by atoms with van der Waals surface area (Å²) in [5.74, 6) is 0.234. The molecule has 108 valence electrons. The average Bonchev–Trinajstić information content (AvgIpc) is 2.39. The molecule has 0 spiro atoms. The van der Waals surface area contributed by atoms with Crippen molar-refractivity contribution in [3.8, 4) is 0 Å². The van der Waals surface area contributed by atoms with Gasteiger partial charge in [0.2, 0.25) is 0 Å². The van der Waals surface area contributed by atoms with Gasteiger partial charge in [-0.1, -0.05) is 18.1 Å². The largest absolute Gasteiger partial charge is 0.299 e. The average molecular weight is 284 g/mol. The van der Waals surface area contributed by atoms with Crippen LogP contribution >= 0.6 is 0 Å².